The molecule has 102 valence electrons. The third-order valence-electron chi connectivity index (χ3n) is 2.01. The molecule has 1 heterocycles. The van der Waals surface area contributed by atoms with Gasteiger partial charge in [0.05, 0.1) is 9.95 Å². The van der Waals surface area contributed by atoms with Crippen LogP contribution in [-0.2, 0) is 9.59 Å². The summed E-state index contributed by atoms with van der Waals surface area (Å²) in [5, 5.41) is 22.0. The zero-order valence-corrected chi connectivity index (χ0v) is 10.7. The van der Waals surface area contributed by atoms with E-state index in [0.717, 1.165) is 18.0 Å². The normalized spacial score (nSPS) is 11.6. The predicted molar refractivity (Wildman–Crippen MR) is 66.9 cm³/mol. The molecule has 1 aromatic rings. The van der Waals surface area contributed by atoms with Gasteiger partial charge in [-0.2, -0.15) is 0 Å². The van der Waals surface area contributed by atoms with Gasteiger partial charge >= 0.3 is 5.97 Å². The van der Waals surface area contributed by atoms with Crippen molar-refractivity contribution >= 4 is 29.3 Å². The van der Waals surface area contributed by atoms with Crippen LogP contribution in [0.2, 0.25) is 0 Å². The summed E-state index contributed by atoms with van der Waals surface area (Å²) in [6, 6.07) is 1.68. The zero-order chi connectivity index (χ0) is 14.4. The molecule has 2 N–H and O–H groups in total. The molecular formula is C10H11N3O5S. The van der Waals surface area contributed by atoms with Crippen LogP contribution in [0.1, 0.15) is 6.92 Å². The van der Waals surface area contributed by atoms with E-state index in [1.807, 2.05) is 0 Å². The second kappa shape index (κ2) is 6.69. The quantitative estimate of drug-likeness (QED) is 0.447. The van der Waals surface area contributed by atoms with Crippen LogP contribution < -0.4 is 5.32 Å². The minimum atomic E-state index is -1.15. The number of thioether (sulfide) groups is 1. The van der Waals surface area contributed by atoms with Gasteiger partial charge in [-0.15, -0.1) is 11.8 Å². The second-order valence-electron chi connectivity index (χ2n) is 3.51. The highest BCUT2D eigenvalue weighted by Crippen LogP contribution is 2.19. The van der Waals surface area contributed by atoms with E-state index in [1.54, 1.807) is 0 Å². The van der Waals surface area contributed by atoms with Gasteiger partial charge in [0.1, 0.15) is 12.2 Å². The van der Waals surface area contributed by atoms with Crippen LogP contribution in [0, 0.1) is 10.1 Å². The van der Waals surface area contributed by atoms with Gasteiger partial charge in [-0.05, 0) is 6.07 Å². The Bertz CT molecular complexity index is 490. The number of nitrogens with one attached hydrogen (secondary N) is 1. The van der Waals surface area contributed by atoms with E-state index < -0.39 is 22.8 Å². The molecular weight excluding hydrogens is 274 g/mol. The Morgan fingerprint density at radius 2 is 2.26 bits per heavy atom. The van der Waals surface area contributed by atoms with Crippen molar-refractivity contribution in [3.05, 3.63) is 28.4 Å². The molecule has 0 radical (unpaired) electrons. The number of carbonyl (C=O) groups excluding carboxylic acids is 1. The number of carbonyl (C=O) groups is 2. The Balaban J connectivity index is 2.61. The number of rotatable bonds is 6. The monoisotopic (exact) mass is 285 g/mol. The summed E-state index contributed by atoms with van der Waals surface area (Å²) in [5.41, 5.74) is -0.138. The number of hydrogen-bond acceptors (Lipinski definition) is 6. The minimum Gasteiger partial charge on any atom is -0.480 e. The van der Waals surface area contributed by atoms with Crippen LogP contribution in [-0.4, -0.2) is 38.7 Å². The van der Waals surface area contributed by atoms with E-state index in [-0.39, 0.29) is 11.4 Å². The number of amides is 1. The molecule has 0 fully saturated rings. The average Bonchev–Trinajstić information content (AvgIpc) is 2.34. The summed E-state index contributed by atoms with van der Waals surface area (Å²) in [5.74, 6) is -1.51. The SMILES string of the molecule is CC(=O)N[C@H](CSc1ccc([N+](=O)[O-])cn1)C(=O)O. The van der Waals surface area contributed by atoms with Crippen molar-refractivity contribution in [2.45, 2.75) is 18.0 Å². The third kappa shape index (κ3) is 4.92. The van der Waals surface area contributed by atoms with Crippen molar-refractivity contribution in [1.29, 1.82) is 0 Å². The van der Waals surface area contributed by atoms with Gasteiger partial charge in [0, 0.05) is 18.7 Å². The lowest BCUT2D eigenvalue weighted by atomic mass is 10.3. The van der Waals surface area contributed by atoms with E-state index in [1.165, 1.54) is 19.1 Å². The standard InChI is InChI=1S/C10H11N3O5S/c1-6(14)12-8(10(15)16)5-19-9-3-2-7(4-11-9)13(17)18/h2-4,8H,5H2,1H3,(H,12,14)(H,15,16)/t8-/m1/s1. The Morgan fingerprint density at radius 3 is 2.68 bits per heavy atom. The van der Waals surface area contributed by atoms with Gasteiger partial charge < -0.3 is 10.4 Å². The molecule has 0 aliphatic heterocycles. The summed E-state index contributed by atoms with van der Waals surface area (Å²) < 4.78 is 0. The van der Waals surface area contributed by atoms with Crippen LogP contribution >= 0.6 is 11.8 Å². The van der Waals surface area contributed by atoms with Crippen molar-refractivity contribution in [3.8, 4) is 0 Å². The summed E-state index contributed by atoms with van der Waals surface area (Å²) in [7, 11) is 0. The molecule has 0 spiro atoms. The highest BCUT2D eigenvalue weighted by Gasteiger charge is 2.18. The average molecular weight is 285 g/mol. The lowest BCUT2D eigenvalue weighted by Gasteiger charge is -2.12. The lowest BCUT2D eigenvalue weighted by molar-refractivity contribution is -0.385. The second-order valence-corrected chi connectivity index (χ2v) is 4.55. The maximum atomic E-state index is 10.9. The maximum Gasteiger partial charge on any atom is 0.327 e. The molecule has 1 aromatic heterocycles. The number of aliphatic carboxylic acids is 1. The first-order valence-corrected chi connectivity index (χ1v) is 6.12. The van der Waals surface area contributed by atoms with Gasteiger partial charge in [0.15, 0.2) is 0 Å². The van der Waals surface area contributed by atoms with Crippen molar-refractivity contribution < 1.29 is 19.6 Å². The number of nitrogens with zero attached hydrogens (tertiary/aromatic N) is 2. The molecule has 0 aliphatic rings. The van der Waals surface area contributed by atoms with Gasteiger partial charge in [0.25, 0.3) is 5.69 Å². The maximum absolute atomic E-state index is 10.9. The van der Waals surface area contributed by atoms with Crippen molar-refractivity contribution in [1.82, 2.24) is 10.3 Å². The molecule has 0 aromatic carbocycles. The fourth-order valence-electron chi connectivity index (χ4n) is 1.15. The van der Waals surface area contributed by atoms with Crippen LogP contribution in [0.25, 0.3) is 0 Å². The van der Waals surface area contributed by atoms with Gasteiger partial charge in [-0.25, -0.2) is 9.78 Å². The molecule has 9 heteroatoms. The van der Waals surface area contributed by atoms with E-state index in [4.69, 9.17) is 5.11 Å². The minimum absolute atomic E-state index is 0.0831. The first kappa shape index (κ1) is 14.9. The van der Waals surface area contributed by atoms with Gasteiger partial charge in [-0.3, -0.25) is 14.9 Å². The molecule has 0 bridgehead atoms. The smallest absolute Gasteiger partial charge is 0.327 e. The van der Waals surface area contributed by atoms with Crippen molar-refractivity contribution in [2.75, 3.05) is 5.75 Å². The third-order valence-corrected chi connectivity index (χ3v) is 3.04. The highest BCUT2D eigenvalue weighted by atomic mass is 32.2. The molecule has 19 heavy (non-hydrogen) atoms. The number of aromatic nitrogens is 1. The fourth-order valence-corrected chi connectivity index (χ4v) is 2.01. The Labute approximate surface area is 112 Å². The lowest BCUT2D eigenvalue weighted by Crippen LogP contribution is -2.41. The van der Waals surface area contributed by atoms with Gasteiger partial charge in [-0.1, -0.05) is 0 Å². The molecule has 0 saturated carbocycles. The Morgan fingerprint density at radius 1 is 1.58 bits per heavy atom. The molecule has 0 saturated heterocycles. The summed E-state index contributed by atoms with van der Waals surface area (Å²) in [6.07, 6.45) is 1.09. The molecule has 1 rings (SSSR count). The Kier molecular flexibility index (Phi) is 5.24. The Hall–Kier alpha value is -2.16. The molecule has 0 aliphatic carbocycles. The number of nitro groups is 1. The number of carboxylic acids is 1. The van der Waals surface area contributed by atoms with Crippen LogP contribution in [0.15, 0.2) is 23.4 Å². The number of hydrogen-bond donors (Lipinski definition) is 2. The largest absolute Gasteiger partial charge is 0.480 e. The van der Waals surface area contributed by atoms with Crippen molar-refractivity contribution in [3.63, 3.8) is 0 Å². The molecule has 8 nitrogen and oxygen atoms in total. The fraction of sp³-hybridized carbons (Fsp3) is 0.300. The molecule has 1 atom stereocenters. The number of carboxylic acid groups (broad SMARTS) is 1. The summed E-state index contributed by atoms with van der Waals surface area (Å²) in [6.45, 7) is 1.23. The van der Waals surface area contributed by atoms with Gasteiger partial charge in [0.2, 0.25) is 5.91 Å². The molecule has 1 amide bonds. The van der Waals surface area contributed by atoms with E-state index in [0.29, 0.717) is 5.03 Å². The topological polar surface area (TPSA) is 122 Å². The number of pyridine rings is 1. The van der Waals surface area contributed by atoms with Crippen molar-refractivity contribution in [2.24, 2.45) is 0 Å². The van der Waals surface area contributed by atoms with E-state index >= 15 is 0 Å². The zero-order valence-electron chi connectivity index (χ0n) is 9.90. The summed E-state index contributed by atoms with van der Waals surface area (Å²) >= 11 is 1.09. The van der Waals surface area contributed by atoms with Crippen LogP contribution in [0.5, 0.6) is 0 Å². The van der Waals surface area contributed by atoms with E-state index in [9.17, 15) is 19.7 Å². The first-order valence-electron chi connectivity index (χ1n) is 5.13. The predicted octanol–water partition coefficient (Wildman–Crippen LogP) is 0.671. The first-order chi connectivity index (χ1) is 8.90. The molecule has 0 unspecified atom stereocenters. The van der Waals surface area contributed by atoms with Crippen LogP contribution in [0.4, 0.5) is 5.69 Å². The highest BCUT2D eigenvalue weighted by molar-refractivity contribution is 7.99. The summed E-state index contributed by atoms with van der Waals surface area (Å²) in [4.78, 5) is 35.4. The van der Waals surface area contributed by atoms with E-state index in [2.05, 4.69) is 10.3 Å². The van der Waals surface area contributed by atoms with Crippen LogP contribution in [0.3, 0.4) is 0 Å².